The summed E-state index contributed by atoms with van der Waals surface area (Å²) in [6.45, 7) is 0. The van der Waals surface area contributed by atoms with E-state index in [1.54, 1.807) is 0 Å². The van der Waals surface area contributed by atoms with E-state index in [2.05, 4.69) is 4.74 Å². The summed E-state index contributed by atoms with van der Waals surface area (Å²) in [6, 6.07) is 0.939. The molecule has 0 aliphatic rings. The van der Waals surface area contributed by atoms with Crippen molar-refractivity contribution in [3.05, 3.63) is 23.5 Å². The second-order valence-corrected chi connectivity index (χ2v) is 2.84. The van der Waals surface area contributed by atoms with Crippen LogP contribution < -0.4 is 10.5 Å². The number of rotatable bonds is 3. The fourth-order valence-corrected chi connectivity index (χ4v) is 1.10. The number of carbonyl (C=O) groups is 1. The Morgan fingerprint density at radius 3 is 2.67 bits per heavy atom. The number of hydrogen-bond acceptors (Lipinski definition) is 4. The zero-order valence-electron chi connectivity index (χ0n) is 7.90. The molecule has 1 rings (SSSR count). The lowest BCUT2D eigenvalue weighted by molar-refractivity contribution is -0.138. The number of aliphatic carboxylic acids is 1. The molecular weight excluding hydrogens is 205 g/mol. The minimum absolute atomic E-state index is 0.172. The molecule has 5 nitrogen and oxygen atoms in total. The van der Waals surface area contributed by atoms with E-state index in [1.165, 1.54) is 19.2 Å². The van der Waals surface area contributed by atoms with Crippen LogP contribution in [0.3, 0.4) is 0 Å². The van der Waals surface area contributed by atoms with Crippen LogP contribution in [0.1, 0.15) is 11.6 Å². The average molecular weight is 215 g/mol. The van der Waals surface area contributed by atoms with Crippen LogP contribution >= 0.6 is 0 Å². The van der Waals surface area contributed by atoms with Gasteiger partial charge in [0.1, 0.15) is 6.04 Å². The maximum Gasteiger partial charge on any atom is 0.325 e. The molecule has 0 radical (unpaired) electrons. The van der Waals surface area contributed by atoms with Gasteiger partial charge in [-0.1, -0.05) is 0 Å². The van der Waals surface area contributed by atoms with Crippen molar-refractivity contribution in [2.24, 2.45) is 5.73 Å². The van der Waals surface area contributed by atoms with Crippen molar-refractivity contribution in [3.63, 3.8) is 0 Å². The van der Waals surface area contributed by atoms with Gasteiger partial charge in [0.25, 0.3) is 0 Å². The van der Waals surface area contributed by atoms with Gasteiger partial charge in [-0.3, -0.25) is 4.79 Å². The number of methoxy groups -OCH3 is 1. The third kappa shape index (κ3) is 1.99. The molecule has 0 amide bonds. The topological polar surface area (TPSA) is 92.8 Å². The van der Waals surface area contributed by atoms with E-state index in [1.807, 2.05) is 0 Å². The number of benzene rings is 1. The summed E-state index contributed by atoms with van der Waals surface area (Å²) in [4.78, 5) is 10.5. The third-order valence-electron chi connectivity index (χ3n) is 1.93. The van der Waals surface area contributed by atoms with Gasteiger partial charge in [-0.2, -0.15) is 4.39 Å². The molecule has 1 unspecified atom stereocenters. The summed E-state index contributed by atoms with van der Waals surface area (Å²) in [5.74, 6) is -3.35. The molecule has 82 valence electrons. The summed E-state index contributed by atoms with van der Waals surface area (Å²) in [5, 5.41) is 17.9. The van der Waals surface area contributed by atoms with Crippen LogP contribution in [0.5, 0.6) is 11.5 Å². The van der Waals surface area contributed by atoms with Crippen LogP contribution in [-0.4, -0.2) is 23.3 Å². The van der Waals surface area contributed by atoms with Gasteiger partial charge in [-0.15, -0.1) is 0 Å². The Balaban J connectivity index is 3.23. The molecule has 0 heterocycles. The monoisotopic (exact) mass is 215 g/mol. The molecule has 4 N–H and O–H groups in total. The number of hydrogen-bond donors (Lipinski definition) is 3. The Labute approximate surface area is 84.9 Å². The Hall–Kier alpha value is -1.82. The van der Waals surface area contributed by atoms with Crippen molar-refractivity contribution >= 4 is 5.97 Å². The number of halogens is 1. The Morgan fingerprint density at radius 1 is 1.60 bits per heavy atom. The van der Waals surface area contributed by atoms with Gasteiger partial charge < -0.3 is 20.7 Å². The molecule has 0 fully saturated rings. The molecule has 0 aliphatic heterocycles. The summed E-state index contributed by atoms with van der Waals surface area (Å²) >= 11 is 0. The van der Waals surface area contributed by atoms with Gasteiger partial charge in [-0.25, -0.2) is 0 Å². The SMILES string of the molecule is COc1ccc(C(N)C(=O)O)c(O)c1F. The first kappa shape index (κ1) is 11.3. The molecule has 0 spiro atoms. The van der Waals surface area contributed by atoms with Crippen LogP contribution in [0.4, 0.5) is 4.39 Å². The van der Waals surface area contributed by atoms with Crippen LogP contribution in [0.25, 0.3) is 0 Å². The molecule has 1 aromatic carbocycles. The number of phenols is 1. The number of carboxylic acid groups (broad SMARTS) is 1. The van der Waals surface area contributed by atoms with Crippen molar-refractivity contribution in [3.8, 4) is 11.5 Å². The maximum absolute atomic E-state index is 13.3. The third-order valence-corrected chi connectivity index (χ3v) is 1.93. The van der Waals surface area contributed by atoms with Crippen molar-refractivity contribution in [2.45, 2.75) is 6.04 Å². The number of phenolic OH excluding ortho intramolecular Hbond substituents is 1. The quantitative estimate of drug-likeness (QED) is 0.687. The first-order valence-electron chi connectivity index (χ1n) is 4.02. The highest BCUT2D eigenvalue weighted by molar-refractivity contribution is 5.76. The molecule has 0 saturated carbocycles. The molecule has 0 aromatic heterocycles. The summed E-state index contributed by atoms with van der Waals surface area (Å²) in [6.07, 6.45) is 0. The molecule has 6 heteroatoms. The summed E-state index contributed by atoms with van der Waals surface area (Å²) in [7, 11) is 1.23. The van der Waals surface area contributed by atoms with Gasteiger partial charge in [0.2, 0.25) is 5.82 Å². The Kier molecular flexibility index (Phi) is 3.11. The highest BCUT2D eigenvalue weighted by atomic mass is 19.1. The lowest BCUT2D eigenvalue weighted by Gasteiger charge is -2.11. The normalized spacial score (nSPS) is 12.2. The van der Waals surface area contributed by atoms with Crippen molar-refractivity contribution in [1.82, 2.24) is 0 Å². The maximum atomic E-state index is 13.3. The van der Waals surface area contributed by atoms with E-state index in [-0.39, 0.29) is 11.3 Å². The highest BCUT2D eigenvalue weighted by Gasteiger charge is 2.22. The van der Waals surface area contributed by atoms with E-state index in [9.17, 15) is 14.3 Å². The van der Waals surface area contributed by atoms with E-state index >= 15 is 0 Å². The fraction of sp³-hybridized carbons (Fsp3) is 0.222. The first-order chi connectivity index (χ1) is 6.99. The second kappa shape index (κ2) is 4.14. The van der Waals surface area contributed by atoms with Crippen LogP contribution in [0, 0.1) is 5.82 Å². The molecule has 1 atom stereocenters. The van der Waals surface area contributed by atoms with Gasteiger partial charge >= 0.3 is 5.97 Å². The average Bonchev–Trinajstić information content (AvgIpc) is 2.21. The first-order valence-corrected chi connectivity index (χ1v) is 4.02. The molecule has 0 saturated heterocycles. The smallest absolute Gasteiger partial charge is 0.325 e. The van der Waals surface area contributed by atoms with Crippen LogP contribution in [-0.2, 0) is 4.79 Å². The van der Waals surface area contributed by atoms with Crippen molar-refractivity contribution in [2.75, 3.05) is 7.11 Å². The lowest BCUT2D eigenvalue weighted by atomic mass is 10.1. The highest BCUT2D eigenvalue weighted by Crippen LogP contribution is 2.32. The number of ether oxygens (including phenoxy) is 1. The van der Waals surface area contributed by atoms with Gasteiger partial charge in [0.05, 0.1) is 7.11 Å². The van der Waals surface area contributed by atoms with E-state index in [0.29, 0.717) is 0 Å². The second-order valence-electron chi connectivity index (χ2n) is 2.84. The predicted molar refractivity (Wildman–Crippen MR) is 49.2 cm³/mol. The molecule has 15 heavy (non-hydrogen) atoms. The summed E-state index contributed by atoms with van der Waals surface area (Å²) < 4.78 is 17.9. The minimum Gasteiger partial charge on any atom is -0.504 e. The van der Waals surface area contributed by atoms with E-state index in [4.69, 9.17) is 10.8 Å². The molecule has 0 bridgehead atoms. The fourth-order valence-electron chi connectivity index (χ4n) is 1.10. The summed E-state index contributed by atoms with van der Waals surface area (Å²) in [5.41, 5.74) is 5.04. The van der Waals surface area contributed by atoms with Gasteiger partial charge in [-0.05, 0) is 12.1 Å². The van der Waals surface area contributed by atoms with Crippen LogP contribution in [0.15, 0.2) is 12.1 Å². The van der Waals surface area contributed by atoms with Gasteiger partial charge in [0.15, 0.2) is 11.5 Å². The van der Waals surface area contributed by atoms with Crippen molar-refractivity contribution < 1.29 is 24.1 Å². The number of aromatic hydroxyl groups is 1. The number of carboxylic acids is 1. The standard InChI is InChI=1S/C9H10FNO4/c1-15-5-3-2-4(7(11)9(13)14)8(12)6(5)10/h2-3,7,12H,11H2,1H3,(H,13,14). The van der Waals surface area contributed by atoms with Gasteiger partial charge in [0, 0.05) is 5.56 Å². The zero-order chi connectivity index (χ0) is 11.6. The van der Waals surface area contributed by atoms with Crippen LogP contribution in [0.2, 0.25) is 0 Å². The lowest BCUT2D eigenvalue weighted by Crippen LogP contribution is -2.21. The minimum atomic E-state index is -1.47. The van der Waals surface area contributed by atoms with E-state index in [0.717, 1.165) is 0 Å². The predicted octanol–water partition coefficient (Wildman–Crippen LogP) is 0.624. The Bertz CT molecular complexity index is 394. The molecular formula is C9H10FNO4. The van der Waals surface area contributed by atoms with E-state index < -0.39 is 23.6 Å². The molecule has 1 aromatic rings. The Morgan fingerprint density at radius 2 is 2.20 bits per heavy atom. The molecule has 0 aliphatic carbocycles. The number of nitrogens with two attached hydrogens (primary N) is 1. The van der Waals surface area contributed by atoms with Crippen molar-refractivity contribution in [1.29, 1.82) is 0 Å². The zero-order valence-corrected chi connectivity index (χ0v) is 7.90. The largest absolute Gasteiger partial charge is 0.504 e.